The van der Waals surface area contributed by atoms with E-state index in [1.807, 2.05) is 0 Å². The Morgan fingerprint density at radius 2 is 1.85 bits per heavy atom. The number of benzene rings is 1. The van der Waals surface area contributed by atoms with Gasteiger partial charge in [-0.3, -0.25) is 19.9 Å². The summed E-state index contributed by atoms with van der Waals surface area (Å²) in [5, 5.41) is 10.1. The third-order valence-electron chi connectivity index (χ3n) is 7.55. The number of hydrogen-bond acceptors (Lipinski definition) is 6. The van der Waals surface area contributed by atoms with E-state index in [0.717, 1.165) is 32.1 Å². The van der Waals surface area contributed by atoms with E-state index >= 15 is 4.39 Å². The van der Waals surface area contributed by atoms with E-state index in [9.17, 15) is 9.18 Å². The highest BCUT2D eigenvalue weighted by atomic mass is 19.1. The van der Waals surface area contributed by atoms with E-state index < -0.39 is 5.82 Å². The molecule has 0 aliphatic heterocycles. The van der Waals surface area contributed by atoms with Crippen LogP contribution in [0.25, 0.3) is 56.0 Å². The van der Waals surface area contributed by atoms with Gasteiger partial charge in [0.25, 0.3) is 0 Å². The number of fused-ring (bicyclic) bond motifs is 2. The van der Waals surface area contributed by atoms with Crippen molar-refractivity contribution in [2.75, 3.05) is 5.32 Å². The first-order valence-electron chi connectivity index (χ1n) is 13.4. The molecule has 3 N–H and O–H groups in total. The van der Waals surface area contributed by atoms with Crippen LogP contribution in [0.2, 0.25) is 0 Å². The quantitative estimate of drug-likeness (QED) is 0.227. The third-order valence-corrected chi connectivity index (χ3v) is 7.55. The molecule has 1 saturated carbocycles. The molecule has 0 spiro atoms. The highest BCUT2D eigenvalue weighted by molar-refractivity contribution is 5.97. The van der Waals surface area contributed by atoms with Crippen molar-refractivity contribution in [3.8, 4) is 33.9 Å². The van der Waals surface area contributed by atoms with Crippen LogP contribution in [0.15, 0.2) is 61.2 Å². The van der Waals surface area contributed by atoms with Crippen LogP contribution in [-0.2, 0) is 4.79 Å². The van der Waals surface area contributed by atoms with Gasteiger partial charge in [-0.1, -0.05) is 31.4 Å². The Morgan fingerprint density at radius 3 is 2.71 bits per heavy atom. The summed E-state index contributed by atoms with van der Waals surface area (Å²) in [6.45, 7) is 0. The Labute approximate surface area is 232 Å². The fourth-order valence-corrected chi connectivity index (χ4v) is 5.49. The molecule has 0 saturated heterocycles. The molecule has 0 unspecified atom stereocenters. The van der Waals surface area contributed by atoms with Crippen LogP contribution in [0.3, 0.4) is 0 Å². The molecular weight excluding hydrogens is 526 g/mol. The number of aromatic amines is 2. The molecule has 1 fully saturated rings. The van der Waals surface area contributed by atoms with Crippen molar-refractivity contribution in [3.63, 3.8) is 0 Å². The SMILES string of the molecule is O=C(Nc1cncc(-c2cnc3n[nH]c(-c4nc5c(-c6cccc(F)c6)nccc5[nH]4)c3c2F)c1)C1CCCCC1. The predicted molar refractivity (Wildman–Crippen MR) is 151 cm³/mol. The van der Waals surface area contributed by atoms with Crippen molar-refractivity contribution in [2.45, 2.75) is 32.1 Å². The molecule has 1 aromatic carbocycles. The first-order valence-corrected chi connectivity index (χ1v) is 13.4. The molecule has 41 heavy (non-hydrogen) atoms. The zero-order valence-corrected chi connectivity index (χ0v) is 21.8. The van der Waals surface area contributed by atoms with E-state index in [2.05, 4.69) is 40.4 Å². The fourth-order valence-electron chi connectivity index (χ4n) is 5.49. The molecule has 1 aliphatic carbocycles. The summed E-state index contributed by atoms with van der Waals surface area (Å²) in [5.74, 6) is -0.662. The fraction of sp³-hybridized carbons (Fsp3) is 0.200. The van der Waals surface area contributed by atoms with Crippen LogP contribution in [0.5, 0.6) is 0 Å². The molecular formula is C30H24F2N8O. The maximum Gasteiger partial charge on any atom is 0.227 e. The van der Waals surface area contributed by atoms with Gasteiger partial charge in [0.1, 0.15) is 22.8 Å². The van der Waals surface area contributed by atoms with Gasteiger partial charge in [0, 0.05) is 41.2 Å². The van der Waals surface area contributed by atoms with Gasteiger partial charge in [-0.2, -0.15) is 5.10 Å². The topological polar surface area (TPSA) is 125 Å². The van der Waals surface area contributed by atoms with Gasteiger partial charge in [-0.25, -0.2) is 18.7 Å². The Kier molecular flexibility index (Phi) is 6.18. The number of imidazole rings is 1. The monoisotopic (exact) mass is 550 g/mol. The van der Waals surface area contributed by atoms with Crippen molar-refractivity contribution in [3.05, 3.63) is 72.8 Å². The first kappa shape index (κ1) is 24.9. The molecule has 1 amide bonds. The number of halogens is 2. The van der Waals surface area contributed by atoms with Crippen LogP contribution < -0.4 is 5.32 Å². The third kappa shape index (κ3) is 4.58. The standard InChI is InChI=1S/C30H24F2N8O/c31-19-8-4-7-17(11-19)25-26-22(9-10-34-25)37-29(38-26)27-23-24(32)21(15-35-28(23)40-39-27)18-12-20(14-33-13-18)36-30(41)16-5-2-1-3-6-16/h4,7-16H,1-3,5-6H2,(H,36,41)(H,37,38)(H,35,39,40). The van der Waals surface area contributed by atoms with Crippen LogP contribution in [0.4, 0.5) is 14.5 Å². The second kappa shape index (κ2) is 10.2. The zero-order valence-electron chi connectivity index (χ0n) is 21.8. The van der Waals surface area contributed by atoms with Gasteiger partial charge < -0.3 is 10.3 Å². The molecule has 1 aliphatic rings. The van der Waals surface area contributed by atoms with Gasteiger partial charge in [0.05, 0.1) is 28.5 Å². The lowest BCUT2D eigenvalue weighted by molar-refractivity contribution is -0.120. The summed E-state index contributed by atoms with van der Waals surface area (Å²) in [5.41, 5.74) is 3.87. The second-order valence-electron chi connectivity index (χ2n) is 10.2. The molecule has 9 nitrogen and oxygen atoms in total. The van der Waals surface area contributed by atoms with Crippen molar-refractivity contribution in [2.24, 2.45) is 5.92 Å². The van der Waals surface area contributed by atoms with Crippen LogP contribution >= 0.6 is 0 Å². The average molecular weight is 551 g/mol. The molecule has 0 radical (unpaired) electrons. The number of pyridine rings is 3. The normalized spacial score (nSPS) is 14.1. The number of nitrogens with zero attached hydrogens (tertiary/aromatic N) is 5. The minimum Gasteiger partial charge on any atom is -0.337 e. The minimum atomic E-state index is -0.555. The highest BCUT2D eigenvalue weighted by Crippen LogP contribution is 2.35. The highest BCUT2D eigenvalue weighted by Gasteiger charge is 2.23. The smallest absolute Gasteiger partial charge is 0.227 e. The number of nitrogens with one attached hydrogen (secondary N) is 3. The number of H-pyrrole nitrogens is 2. The molecule has 7 rings (SSSR count). The summed E-state index contributed by atoms with van der Waals surface area (Å²) >= 11 is 0. The predicted octanol–water partition coefficient (Wildman–Crippen LogP) is 6.42. The molecule has 6 aromatic rings. The van der Waals surface area contributed by atoms with Crippen LogP contribution in [-0.4, -0.2) is 41.0 Å². The van der Waals surface area contributed by atoms with E-state index in [1.54, 1.807) is 36.7 Å². The number of carbonyl (C=O) groups is 1. The molecule has 204 valence electrons. The summed E-state index contributed by atoms with van der Waals surface area (Å²) in [7, 11) is 0. The summed E-state index contributed by atoms with van der Waals surface area (Å²) in [6.07, 6.45) is 11.1. The molecule has 0 bridgehead atoms. The number of rotatable bonds is 5. The van der Waals surface area contributed by atoms with E-state index in [4.69, 9.17) is 0 Å². The Hall–Kier alpha value is -5.06. The van der Waals surface area contributed by atoms with Crippen LogP contribution in [0, 0.1) is 17.6 Å². The second-order valence-corrected chi connectivity index (χ2v) is 10.2. The van der Waals surface area contributed by atoms with Crippen molar-refractivity contribution < 1.29 is 13.6 Å². The summed E-state index contributed by atoms with van der Waals surface area (Å²) in [4.78, 5) is 33.6. The average Bonchev–Trinajstić information content (AvgIpc) is 3.63. The number of carbonyl (C=O) groups excluding carboxylic acids is 1. The lowest BCUT2D eigenvalue weighted by Crippen LogP contribution is -2.24. The van der Waals surface area contributed by atoms with Crippen molar-refractivity contribution in [1.29, 1.82) is 0 Å². The van der Waals surface area contributed by atoms with Gasteiger partial charge in [0.15, 0.2) is 11.5 Å². The number of aromatic nitrogens is 7. The van der Waals surface area contributed by atoms with E-state index in [1.165, 1.54) is 24.5 Å². The number of hydrogen-bond donors (Lipinski definition) is 3. The Balaban J connectivity index is 1.26. The van der Waals surface area contributed by atoms with Gasteiger partial charge in [0.2, 0.25) is 5.91 Å². The van der Waals surface area contributed by atoms with E-state index in [0.29, 0.717) is 45.1 Å². The molecule has 11 heteroatoms. The van der Waals surface area contributed by atoms with Gasteiger partial charge >= 0.3 is 0 Å². The van der Waals surface area contributed by atoms with Gasteiger partial charge in [-0.05, 0) is 37.1 Å². The first-order chi connectivity index (χ1) is 20.0. The maximum absolute atomic E-state index is 16.2. The Bertz CT molecular complexity index is 1930. The number of anilines is 1. The van der Waals surface area contributed by atoms with E-state index in [-0.39, 0.29) is 34.2 Å². The molecule has 0 atom stereocenters. The zero-order chi connectivity index (χ0) is 27.9. The number of amides is 1. The largest absolute Gasteiger partial charge is 0.337 e. The lowest BCUT2D eigenvalue weighted by Gasteiger charge is -2.20. The lowest BCUT2D eigenvalue weighted by atomic mass is 9.88. The summed E-state index contributed by atoms with van der Waals surface area (Å²) < 4.78 is 30.1. The van der Waals surface area contributed by atoms with Crippen molar-refractivity contribution >= 4 is 33.7 Å². The minimum absolute atomic E-state index is 0.0175. The van der Waals surface area contributed by atoms with Crippen LogP contribution in [0.1, 0.15) is 32.1 Å². The summed E-state index contributed by atoms with van der Waals surface area (Å²) in [6, 6.07) is 9.54. The van der Waals surface area contributed by atoms with Crippen molar-refractivity contribution in [1.82, 2.24) is 35.1 Å². The maximum atomic E-state index is 16.2. The molecule has 5 aromatic heterocycles. The molecule has 5 heterocycles. The Morgan fingerprint density at radius 1 is 0.976 bits per heavy atom. The van der Waals surface area contributed by atoms with Gasteiger partial charge in [-0.15, -0.1) is 0 Å².